The zero-order chi connectivity index (χ0) is 9.97. The summed E-state index contributed by atoms with van der Waals surface area (Å²) >= 11 is 5.36. The van der Waals surface area contributed by atoms with Gasteiger partial charge in [0.1, 0.15) is 0 Å². The summed E-state index contributed by atoms with van der Waals surface area (Å²) in [5, 5.41) is 0. The number of hydrogen-bond donors (Lipinski definition) is 0. The molecule has 1 fully saturated rings. The van der Waals surface area contributed by atoms with Crippen molar-refractivity contribution in [1.82, 2.24) is 4.90 Å². The van der Waals surface area contributed by atoms with Crippen molar-refractivity contribution in [2.75, 3.05) is 7.05 Å². The van der Waals surface area contributed by atoms with Crippen molar-refractivity contribution >= 4 is 27.3 Å². The highest BCUT2D eigenvalue weighted by atomic mass is 79.9. The largest absolute Gasteiger partial charge is 0.298 e. The van der Waals surface area contributed by atoms with Gasteiger partial charge in [0.15, 0.2) is 0 Å². The second kappa shape index (κ2) is 4.77. The topological polar surface area (TPSA) is 3.24 Å². The number of rotatable bonds is 3. The molecule has 0 aliphatic heterocycles. The molecule has 14 heavy (non-hydrogen) atoms. The van der Waals surface area contributed by atoms with Gasteiger partial charge in [-0.1, -0.05) is 12.8 Å². The molecule has 0 aromatic carbocycles. The van der Waals surface area contributed by atoms with Crippen LogP contribution < -0.4 is 0 Å². The van der Waals surface area contributed by atoms with E-state index >= 15 is 0 Å². The van der Waals surface area contributed by atoms with Gasteiger partial charge in [-0.05, 0) is 48.0 Å². The van der Waals surface area contributed by atoms with Crippen LogP contribution in [0.3, 0.4) is 0 Å². The molecule has 0 atom stereocenters. The highest BCUT2D eigenvalue weighted by molar-refractivity contribution is 9.11. The normalized spacial score (nSPS) is 18.2. The first-order chi connectivity index (χ1) is 6.75. The van der Waals surface area contributed by atoms with E-state index in [0.29, 0.717) is 0 Å². The minimum Gasteiger partial charge on any atom is -0.298 e. The fourth-order valence-electron chi connectivity index (χ4n) is 2.16. The Morgan fingerprint density at radius 3 is 2.71 bits per heavy atom. The average Bonchev–Trinajstić information content (AvgIpc) is 2.75. The van der Waals surface area contributed by atoms with Crippen LogP contribution in [0, 0.1) is 0 Å². The van der Waals surface area contributed by atoms with Crippen molar-refractivity contribution < 1.29 is 0 Å². The predicted octanol–water partition coefficient (Wildman–Crippen LogP) is 3.89. The van der Waals surface area contributed by atoms with E-state index < -0.39 is 0 Å². The summed E-state index contributed by atoms with van der Waals surface area (Å²) in [6.07, 6.45) is 5.62. The molecule has 78 valence electrons. The standard InChI is InChI=1S/C11H16BrNS/c1-13(9-4-2-3-5-9)8-10-6-7-11(12)14-10/h6-7,9H,2-5,8H2,1H3. The van der Waals surface area contributed by atoms with Gasteiger partial charge in [0, 0.05) is 17.5 Å². The van der Waals surface area contributed by atoms with E-state index in [9.17, 15) is 0 Å². The van der Waals surface area contributed by atoms with Crippen molar-refractivity contribution in [3.63, 3.8) is 0 Å². The smallest absolute Gasteiger partial charge is 0.0701 e. The lowest BCUT2D eigenvalue weighted by Crippen LogP contribution is -2.28. The van der Waals surface area contributed by atoms with E-state index in [4.69, 9.17) is 0 Å². The highest BCUT2D eigenvalue weighted by Gasteiger charge is 2.19. The number of halogens is 1. The molecule has 0 N–H and O–H groups in total. The highest BCUT2D eigenvalue weighted by Crippen LogP contribution is 2.27. The lowest BCUT2D eigenvalue weighted by molar-refractivity contribution is 0.239. The monoisotopic (exact) mass is 273 g/mol. The Labute approximate surface area is 98.2 Å². The Morgan fingerprint density at radius 1 is 1.43 bits per heavy atom. The molecule has 0 spiro atoms. The Kier molecular flexibility index (Phi) is 3.63. The first kappa shape index (κ1) is 10.7. The zero-order valence-electron chi connectivity index (χ0n) is 8.50. The van der Waals surface area contributed by atoms with Crippen molar-refractivity contribution in [1.29, 1.82) is 0 Å². The average molecular weight is 274 g/mol. The molecule has 1 nitrogen and oxygen atoms in total. The molecule has 1 aliphatic carbocycles. The van der Waals surface area contributed by atoms with Crippen molar-refractivity contribution in [3.8, 4) is 0 Å². The predicted molar refractivity (Wildman–Crippen MR) is 65.7 cm³/mol. The van der Waals surface area contributed by atoms with Crippen LogP contribution in [-0.2, 0) is 6.54 Å². The molecule has 0 radical (unpaired) electrons. The second-order valence-electron chi connectivity index (χ2n) is 4.06. The molecule has 0 amide bonds. The third-order valence-electron chi connectivity index (χ3n) is 2.98. The number of nitrogens with zero attached hydrogens (tertiary/aromatic N) is 1. The van der Waals surface area contributed by atoms with Gasteiger partial charge in [-0.25, -0.2) is 0 Å². The van der Waals surface area contributed by atoms with E-state index in [1.165, 1.54) is 34.3 Å². The lowest BCUT2D eigenvalue weighted by Gasteiger charge is -2.23. The molecule has 2 rings (SSSR count). The first-order valence-corrected chi connectivity index (χ1v) is 6.81. The molecule has 0 bridgehead atoms. The third kappa shape index (κ3) is 2.59. The van der Waals surface area contributed by atoms with Crippen LogP contribution in [0.1, 0.15) is 30.6 Å². The summed E-state index contributed by atoms with van der Waals surface area (Å²) < 4.78 is 1.24. The SMILES string of the molecule is CN(Cc1ccc(Br)s1)C1CCCC1. The summed E-state index contributed by atoms with van der Waals surface area (Å²) in [7, 11) is 2.25. The minimum absolute atomic E-state index is 0.830. The van der Waals surface area contributed by atoms with Crippen LogP contribution in [0.25, 0.3) is 0 Å². The van der Waals surface area contributed by atoms with Gasteiger partial charge in [-0.3, -0.25) is 4.90 Å². The maximum absolute atomic E-state index is 3.51. The molecule has 1 saturated carbocycles. The van der Waals surface area contributed by atoms with Crippen LogP contribution in [0.5, 0.6) is 0 Å². The second-order valence-corrected chi connectivity index (χ2v) is 6.61. The fourth-order valence-corrected chi connectivity index (χ4v) is 3.70. The fraction of sp³-hybridized carbons (Fsp3) is 0.636. The maximum atomic E-state index is 3.51. The Bertz CT molecular complexity index is 291. The summed E-state index contributed by atoms with van der Waals surface area (Å²) in [6, 6.07) is 5.19. The van der Waals surface area contributed by atoms with Crippen LogP contribution in [0.2, 0.25) is 0 Å². The van der Waals surface area contributed by atoms with E-state index in [1.807, 2.05) is 11.3 Å². The molecule has 1 aliphatic rings. The van der Waals surface area contributed by atoms with Gasteiger partial charge < -0.3 is 0 Å². The summed E-state index contributed by atoms with van der Waals surface area (Å²) in [4.78, 5) is 3.97. The van der Waals surface area contributed by atoms with Gasteiger partial charge in [-0.15, -0.1) is 11.3 Å². The first-order valence-electron chi connectivity index (χ1n) is 5.20. The minimum atomic E-state index is 0.830. The van der Waals surface area contributed by atoms with Gasteiger partial charge in [0.05, 0.1) is 3.79 Å². The molecule has 0 unspecified atom stereocenters. The molecular formula is C11H16BrNS. The van der Waals surface area contributed by atoms with Gasteiger partial charge in [-0.2, -0.15) is 0 Å². The summed E-state index contributed by atoms with van der Waals surface area (Å²) in [6.45, 7) is 1.11. The Morgan fingerprint density at radius 2 is 2.14 bits per heavy atom. The molecular weight excluding hydrogens is 258 g/mol. The third-order valence-corrected chi connectivity index (χ3v) is 4.59. The van der Waals surface area contributed by atoms with Crippen LogP contribution in [-0.4, -0.2) is 18.0 Å². The van der Waals surface area contributed by atoms with Crippen molar-refractivity contribution in [3.05, 3.63) is 20.8 Å². The van der Waals surface area contributed by atoms with Crippen LogP contribution in [0.15, 0.2) is 15.9 Å². The van der Waals surface area contributed by atoms with Crippen LogP contribution >= 0.6 is 27.3 Å². The maximum Gasteiger partial charge on any atom is 0.0701 e. The number of thiophene rings is 1. The molecule has 1 aromatic heterocycles. The van der Waals surface area contributed by atoms with Crippen LogP contribution in [0.4, 0.5) is 0 Å². The van der Waals surface area contributed by atoms with E-state index in [1.54, 1.807) is 0 Å². The zero-order valence-corrected chi connectivity index (χ0v) is 10.9. The Balaban J connectivity index is 1.90. The number of hydrogen-bond acceptors (Lipinski definition) is 2. The Hall–Kier alpha value is 0.140. The molecule has 1 heterocycles. The molecule has 3 heteroatoms. The van der Waals surface area contributed by atoms with Gasteiger partial charge >= 0.3 is 0 Å². The van der Waals surface area contributed by atoms with E-state index in [-0.39, 0.29) is 0 Å². The summed E-state index contributed by atoms with van der Waals surface area (Å²) in [5.41, 5.74) is 0. The van der Waals surface area contributed by atoms with E-state index in [2.05, 4.69) is 40.0 Å². The van der Waals surface area contributed by atoms with Crippen molar-refractivity contribution in [2.24, 2.45) is 0 Å². The molecule has 0 saturated heterocycles. The van der Waals surface area contributed by atoms with Gasteiger partial charge in [0.2, 0.25) is 0 Å². The van der Waals surface area contributed by atoms with Crippen molar-refractivity contribution in [2.45, 2.75) is 38.3 Å². The van der Waals surface area contributed by atoms with Gasteiger partial charge in [0.25, 0.3) is 0 Å². The molecule has 1 aromatic rings. The lowest BCUT2D eigenvalue weighted by atomic mass is 10.2. The van der Waals surface area contributed by atoms with E-state index in [0.717, 1.165) is 12.6 Å². The quantitative estimate of drug-likeness (QED) is 0.808. The summed E-state index contributed by atoms with van der Waals surface area (Å²) in [5.74, 6) is 0.